The lowest BCUT2D eigenvalue weighted by molar-refractivity contribution is 0.332. The number of aromatic nitrogens is 2. The summed E-state index contributed by atoms with van der Waals surface area (Å²) in [4.78, 5) is 24.5. The number of nitrogens with zero attached hydrogens (tertiary/aromatic N) is 7. The highest BCUT2D eigenvalue weighted by molar-refractivity contribution is 7.04. The molecule has 13 aromatic rings. The standard InChI is InChI=1S/C92H83B2N7O2Si2/c1-89(2)46-48-91(5,6)63-50-57(42-44-61(63)89)98-68-32-18-17-31-65(68)93-66-54-67-77(55-73(66)97(56-28-14-13-15-29-56)74-52-59(53-75(98)82(74)93)99-69-33-19-24-38-78(69)104(9,10)79-39-25-20-34-70(79)99)103-87-83-86(95-88(96-87)101-71-35-21-26-40-80(71)105(11,12)81-41-27-22-36-72(81)101)100(84-60-30-16-23-37-76(60)102-85(84)94(67)83)58-43-45-62-64(51-58)92(7,8)49-47-90(62,3)4/h13-45,50-55H,46-49H2,1-12H3. The summed E-state index contributed by atoms with van der Waals surface area (Å²) < 4.78 is 15.5. The number of benzene rings is 11. The zero-order chi connectivity index (χ0) is 71.3. The summed E-state index contributed by atoms with van der Waals surface area (Å²) >= 11 is 0. The van der Waals surface area contributed by atoms with E-state index >= 15 is 0 Å². The fourth-order valence-corrected chi connectivity index (χ4v) is 26.2. The second-order valence-electron chi connectivity index (χ2n) is 34.6. The minimum Gasteiger partial charge on any atom is -0.468 e. The Balaban J connectivity index is 0.853. The number of rotatable bonds is 5. The van der Waals surface area contributed by atoms with Gasteiger partial charge in [0.15, 0.2) is 0 Å². The van der Waals surface area contributed by atoms with Gasteiger partial charge in [-0.2, -0.15) is 9.97 Å². The number of fused-ring (bicyclic) bond motifs is 16. The van der Waals surface area contributed by atoms with Gasteiger partial charge in [0, 0.05) is 79.5 Å². The Morgan fingerprint density at radius 3 is 1.39 bits per heavy atom. The fraction of sp³-hybridized carbons (Fsp3) is 0.217. The van der Waals surface area contributed by atoms with E-state index in [1.165, 1.54) is 70.8 Å². The zero-order valence-electron chi connectivity index (χ0n) is 61.9. The van der Waals surface area contributed by atoms with E-state index in [2.05, 4.69) is 343 Å². The first kappa shape index (κ1) is 62.9. The molecule has 0 saturated carbocycles. The maximum Gasteiger partial charge on any atom is 0.305 e. The molecule has 21 rings (SSSR count). The van der Waals surface area contributed by atoms with Gasteiger partial charge in [0.25, 0.3) is 6.71 Å². The van der Waals surface area contributed by atoms with Crippen LogP contribution in [-0.2, 0) is 21.7 Å². The highest BCUT2D eigenvalue weighted by Crippen LogP contribution is 2.55. The van der Waals surface area contributed by atoms with Crippen molar-refractivity contribution >= 4 is 180 Å². The Hall–Kier alpha value is -10.6. The Labute approximate surface area is 619 Å². The molecule has 2 aliphatic carbocycles. The molecule has 0 spiro atoms. The molecule has 11 aromatic carbocycles. The summed E-state index contributed by atoms with van der Waals surface area (Å²) in [5.74, 6) is 2.57. The van der Waals surface area contributed by atoms with Crippen molar-refractivity contribution in [1.29, 1.82) is 0 Å². The molecule has 0 saturated heterocycles. The van der Waals surface area contributed by atoms with E-state index in [0.29, 0.717) is 11.8 Å². The van der Waals surface area contributed by atoms with Crippen molar-refractivity contribution in [3.63, 3.8) is 0 Å². The van der Waals surface area contributed by atoms with Crippen LogP contribution < -0.4 is 83.0 Å². The molecule has 512 valence electrons. The van der Waals surface area contributed by atoms with Gasteiger partial charge in [-0.15, -0.1) is 0 Å². The van der Waals surface area contributed by atoms with Crippen LogP contribution in [0.1, 0.15) is 103 Å². The molecule has 0 atom stereocenters. The summed E-state index contributed by atoms with van der Waals surface area (Å²) in [6.07, 6.45) is 4.46. The van der Waals surface area contributed by atoms with Crippen LogP contribution in [0.4, 0.5) is 85.7 Å². The van der Waals surface area contributed by atoms with E-state index in [-0.39, 0.29) is 28.4 Å². The zero-order valence-corrected chi connectivity index (χ0v) is 63.9. The normalized spacial score (nSPS) is 18.2. The van der Waals surface area contributed by atoms with Crippen LogP contribution in [0.3, 0.4) is 0 Å². The molecule has 2 aromatic heterocycles. The molecule has 13 heteroatoms. The second-order valence-corrected chi connectivity index (χ2v) is 43.2. The van der Waals surface area contributed by atoms with Crippen molar-refractivity contribution in [3.05, 3.63) is 259 Å². The fourth-order valence-electron chi connectivity index (χ4n) is 20.2. The van der Waals surface area contributed by atoms with Crippen LogP contribution in [0.5, 0.6) is 11.6 Å². The largest absolute Gasteiger partial charge is 0.468 e. The smallest absolute Gasteiger partial charge is 0.305 e. The topological polar surface area (TPSA) is 64.4 Å². The molecule has 8 heterocycles. The lowest BCUT2D eigenvalue weighted by atomic mass is 9.31. The van der Waals surface area contributed by atoms with Crippen molar-refractivity contribution in [2.75, 3.05) is 24.5 Å². The van der Waals surface area contributed by atoms with Crippen LogP contribution in [-0.4, -0.2) is 39.5 Å². The Bertz CT molecular complexity index is 5860. The van der Waals surface area contributed by atoms with Gasteiger partial charge in [-0.3, -0.25) is 9.80 Å². The van der Waals surface area contributed by atoms with Crippen molar-refractivity contribution in [1.82, 2.24) is 9.97 Å². The SMILES string of the molecule is CC1(C)CCC(C)(C)c2cc(N3c4ccccc4B4c5cc6c(cc5N(c5ccccc5)c5cc(N7c8ccccc8[Si](C)(C)c8ccccc87)cc3c54)Oc3nc(N4c5ccccc5[Si](C)(C)c5ccccc54)nc4c3B6c3oc5ccccc5c3N4c3ccc4c(c3)C(C)(C)CCC4(C)C)ccc21. The molecule has 0 N–H and O–H groups in total. The Kier molecular flexibility index (Phi) is 12.9. The van der Waals surface area contributed by atoms with E-state index < -0.39 is 22.9 Å². The number of furan rings is 1. The third kappa shape index (κ3) is 8.71. The minimum atomic E-state index is -2.23. The van der Waals surface area contributed by atoms with Gasteiger partial charge in [-0.1, -0.05) is 221 Å². The maximum absolute atomic E-state index is 7.90. The number of hydrogen-bond donors (Lipinski definition) is 0. The summed E-state index contributed by atoms with van der Waals surface area (Å²) in [7, 11) is -4.42. The van der Waals surface area contributed by atoms with Gasteiger partial charge in [-0.05, 0) is 203 Å². The monoisotopic (exact) mass is 1400 g/mol. The van der Waals surface area contributed by atoms with Crippen molar-refractivity contribution in [3.8, 4) is 11.6 Å². The average molecular weight is 1400 g/mol. The van der Waals surface area contributed by atoms with E-state index in [4.69, 9.17) is 19.1 Å². The van der Waals surface area contributed by atoms with Gasteiger partial charge in [-0.25, -0.2) is 0 Å². The third-order valence-corrected chi connectivity index (χ3v) is 33.1. The molecular weight excluding hydrogens is 1310 g/mol. The van der Waals surface area contributed by atoms with Gasteiger partial charge in [0.1, 0.15) is 39.0 Å². The molecule has 9 nitrogen and oxygen atoms in total. The molecular formula is C92H83B2N7O2Si2. The summed E-state index contributed by atoms with van der Waals surface area (Å²) in [6, 6.07) is 89.9. The average Bonchev–Trinajstić information content (AvgIpc) is 1.65. The van der Waals surface area contributed by atoms with Gasteiger partial charge >= 0.3 is 6.71 Å². The number of anilines is 15. The van der Waals surface area contributed by atoms with Gasteiger partial charge in [0.05, 0.1) is 11.4 Å². The van der Waals surface area contributed by atoms with E-state index in [9.17, 15) is 0 Å². The summed E-state index contributed by atoms with van der Waals surface area (Å²) in [6.45, 7) is 28.7. The van der Waals surface area contributed by atoms with E-state index in [1.54, 1.807) is 0 Å². The Morgan fingerprint density at radius 1 is 0.352 bits per heavy atom. The molecule has 0 unspecified atom stereocenters. The number of hydrogen-bond acceptors (Lipinski definition) is 9. The minimum absolute atomic E-state index is 0.00487. The highest BCUT2D eigenvalue weighted by atomic mass is 28.3. The van der Waals surface area contributed by atoms with Crippen LogP contribution >= 0.6 is 0 Å². The van der Waals surface area contributed by atoms with Gasteiger partial charge < -0.3 is 23.9 Å². The first-order valence-corrected chi connectivity index (χ1v) is 43.9. The van der Waals surface area contributed by atoms with Crippen molar-refractivity contribution < 1.29 is 9.15 Å². The highest BCUT2D eigenvalue weighted by Gasteiger charge is 2.53. The lowest BCUT2D eigenvalue weighted by Crippen LogP contribution is -2.64. The molecule has 105 heavy (non-hydrogen) atoms. The van der Waals surface area contributed by atoms with Crippen LogP contribution in [0.15, 0.2) is 241 Å². The van der Waals surface area contributed by atoms with E-state index in [0.717, 1.165) is 127 Å². The first-order valence-electron chi connectivity index (χ1n) is 37.9. The van der Waals surface area contributed by atoms with Crippen LogP contribution in [0, 0.1) is 0 Å². The molecule has 0 bridgehead atoms. The Morgan fingerprint density at radius 2 is 0.819 bits per heavy atom. The predicted octanol–water partition coefficient (Wildman–Crippen LogP) is 17.6. The molecule has 0 amide bonds. The molecule has 8 aliphatic rings. The van der Waals surface area contributed by atoms with Crippen molar-refractivity contribution in [2.24, 2.45) is 0 Å². The second kappa shape index (κ2) is 21.5. The van der Waals surface area contributed by atoms with Crippen LogP contribution in [0.25, 0.3) is 11.0 Å². The van der Waals surface area contributed by atoms with Crippen molar-refractivity contribution in [2.45, 2.75) is 129 Å². The van der Waals surface area contributed by atoms with E-state index in [1.807, 2.05) is 0 Å². The third-order valence-electron chi connectivity index (χ3n) is 26.0. The molecule has 0 radical (unpaired) electrons. The quantitative estimate of drug-likeness (QED) is 0.157. The first-order chi connectivity index (χ1) is 50.6. The number of para-hydroxylation sites is 7. The molecule has 6 aliphatic heterocycles. The summed E-state index contributed by atoms with van der Waals surface area (Å²) in [5, 5.41) is 6.54. The van der Waals surface area contributed by atoms with Crippen LogP contribution in [0.2, 0.25) is 26.2 Å². The van der Waals surface area contributed by atoms with Gasteiger partial charge in [0.2, 0.25) is 11.8 Å². The predicted molar refractivity (Wildman–Crippen MR) is 445 cm³/mol. The lowest BCUT2D eigenvalue weighted by Gasteiger charge is -2.47. The summed E-state index contributed by atoms with van der Waals surface area (Å²) in [5.41, 5.74) is 27.3. The number of ether oxygens (including phenoxy) is 1. The maximum atomic E-state index is 7.90. The molecule has 0 fully saturated rings.